The number of nitrogens with zero attached hydrogens (tertiary/aromatic N) is 3. The number of benzene rings is 2. The number of alkyl halides is 3. The third-order valence-electron chi connectivity index (χ3n) is 4.46. The lowest BCUT2D eigenvalue weighted by molar-refractivity contribution is -0.154. The standard InChI is InChI=1S/C23H22F3N5O3/c24-23(25,26)15-34-22-30-20-27-16-7-5-9-18(13-16)32-11-3-1-2-4-12-33-19-10-6-8-17(14-19)28-21(29-20)31-22/h1,3,5-10,13-14H,2,4,11-12,15H2,(H2,27,28,29,30,31)/b3-1+. The summed E-state index contributed by atoms with van der Waals surface area (Å²) in [6, 6.07) is 13.7. The molecule has 8 nitrogen and oxygen atoms in total. The van der Waals surface area contributed by atoms with Gasteiger partial charge < -0.3 is 24.8 Å². The highest BCUT2D eigenvalue weighted by Crippen LogP contribution is 2.25. The Hall–Kier alpha value is -4.02. The highest BCUT2D eigenvalue weighted by Gasteiger charge is 2.29. The number of anilines is 4. The molecule has 11 heteroatoms. The maximum Gasteiger partial charge on any atom is 0.422 e. The predicted molar refractivity (Wildman–Crippen MR) is 120 cm³/mol. The van der Waals surface area contributed by atoms with Gasteiger partial charge in [-0.25, -0.2) is 0 Å². The van der Waals surface area contributed by atoms with Gasteiger partial charge in [0.1, 0.15) is 18.1 Å². The number of nitrogens with one attached hydrogen (secondary N) is 2. The molecule has 0 atom stereocenters. The number of fused-ring (bicyclic) bond motifs is 6. The average Bonchev–Trinajstić information content (AvgIpc) is 2.79. The maximum atomic E-state index is 12.7. The van der Waals surface area contributed by atoms with Gasteiger partial charge in [0.25, 0.3) is 0 Å². The van der Waals surface area contributed by atoms with Crippen LogP contribution in [0.3, 0.4) is 0 Å². The van der Waals surface area contributed by atoms with Crippen molar-refractivity contribution < 1.29 is 27.4 Å². The molecule has 0 aliphatic carbocycles. The SMILES string of the molecule is FC(F)(F)COc1nc2nc(n1)Nc1cccc(c1)OCCC/C=C/COc1cccc(c1)N2. The molecule has 178 valence electrons. The second-order valence-corrected chi connectivity index (χ2v) is 7.25. The summed E-state index contributed by atoms with van der Waals surface area (Å²) in [5, 5.41) is 5.92. The van der Waals surface area contributed by atoms with E-state index in [4.69, 9.17) is 14.2 Å². The highest BCUT2D eigenvalue weighted by molar-refractivity contribution is 5.60. The lowest BCUT2D eigenvalue weighted by atomic mass is 10.3. The number of hydrogen-bond donors (Lipinski definition) is 2. The lowest BCUT2D eigenvalue weighted by Crippen LogP contribution is -2.20. The first kappa shape index (κ1) is 23.1. The maximum absolute atomic E-state index is 12.7. The Bertz CT molecular complexity index is 1140. The second-order valence-electron chi connectivity index (χ2n) is 7.25. The molecule has 0 radical (unpaired) electrons. The van der Waals surface area contributed by atoms with Crippen LogP contribution in [0, 0.1) is 0 Å². The minimum Gasteiger partial charge on any atom is -0.494 e. The van der Waals surface area contributed by atoms with E-state index in [1.165, 1.54) is 0 Å². The van der Waals surface area contributed by atoms with Crippen LogP contribution < -0.4 is 24.8 Å². The zero-order chi connectivity index (χ0) is 23.8. The molecule has 2 N–H and O–H groups in total. The van der Waals surface area contributed by atoms with Gasteiger partial charge in [-0.3, -0.25) is 0 Å². The molecule has 0 amide bonds. The van der Waals surface area contributed by atoms with Crippen LogP contribution in [0.2, 0.25) is 0 Å². The number of aromatic nitrogens is 3. The molecule has 0 fully saturated rings. The molecule has 4 rings (SSSR count). The van der Waals surface area contributed by atoms with Crippen molar-refractivity contribution in [3.05, 3.63) is 60.7 Å². The Morgan fingerprint density at radius 3 is 2.15 bits per heavy atom. The summed E-state index contributed by atoms with van der Waals surface area (Å²) in [6.45, 7) is -0.621. The van der Waals surface area contributed by atoms with Crippen LogP contribution in [0.5, 0.6) is 17.5 Å². The summed E-state index contributed by atoms with van der Waals surface area (Å²) in [6.07, 6.45) is 1.09. The first-order valence-corrected chi connectivity index (χ1v) is 10.5. The van der Waals surface area contributed by atoms with Crippen LogP contribution in [0.4, 0.5) is 36.4 Å². The van der Waals surface area contributed by atoms with E-state index in [2.05, 4.69) is 25.6 Å². The van der Waals surface area contributed by atoms with Crippen LogP contribution in [0.25, 0.3) is 0 Å². The fourth-order valence-electron chi connectivity index (χ4n) is 2.99. The smallest absolute Gasteiger partial charge is 0.422 e. The van der Waals surface area contributed by atoms with Crippen LogP contribution in [0.15, 0.2) is 60.7 Å². The monoisotopic (exact) mass is 473 g/mol. The summed E-state index contributed by atoms with van der Waals surface area (Å²) >= 11 is 0. The van der Waals surface area contributed by atoms with Crippen LogP contribution in [-0.4, -0.2) is 40.9 Å². The van der Waals surface area contributed by atoms with Crippen LogP contribution in [0.1, 0.15) is 12.8 Å². The normalized spacial score (nSPS) is 15.1. The molecule has 1 aromatic heterocycles. The van der Waals surface area contributed by atoms with Crippen molar-refractivity contribution in [2.45, 2.75) is 19.0 Å². The molecule has 34 heavy (non-hydrogen) atoms. The fourth-order valence-corrected chi connectivity index (χ4v) is 2.99. The molecule has 2 heterocycles. The summed E-state index contributed by atoms with van der Waals surface area (Å²) in [4.78, 5) is 12.2. The summed E-state index contributed by atoms with van der Waals surface area (Å²) in [5.74, 6) is 1.23. The van der Waals surface area contributed by atoms with E-state index in [1.807, 2.05) is 18.2 Å². The molecule has 1 aliphatic rings. The van der Waals surface area contributed by atoms with Gasteiger partial charge in [-0.15, -0.1) is 0 Å². The Labute approximate surface area is 193 Å². The summed E-state index contributed by atoms with van der Waals surface area (Å²) in [5.41, 5.74) is 1.17. The van der Waals surface area contributed by atoms with E-state index in [1.54, 1.807) is 42.5 Å². The molecule has 3 aromatic rings. The molecule has 6 bridgehead atoms. The van der Waals surface area contributed by atoms with Crippen molar-refractivity contribution in [1.82, 2.24) is 15.0 Å². The number of allylic oxidation sites excluding steroid dienone is 1. The molecule has 1 aliphatic heterocycles. The molecule has 0 unspecified atom stereocenters. The Kier molecular flexibility index (Phi) is 7.31. The Morgan fingerprint density at radius 1 is 0.853 bits per heavy atom. The first-order chi connectivity index (χ1) is 16.4. The van der Waals surface area contributed by atoms with Crippen molar-refractivity contribution in [2.75, 3.05) is 30.5 Å². The van der Waals surface area contributed by atoms with E-state index in [-0.39, 0.29) is 11.9 Å². The van der Waals surface area contributed by atoms with Crippen LogP contribution in [-0.2, 0) is 0 Å². The van der Waals surface area contributed by atoms with Gasteiger partial charge in [-0.05, 0) is 37.1 Å². The van der Waals surface area contributed by atoms with E-state index in [0.29, 0.717) is 36.1 Å². The van der Waals surface area contributed by atoms with E-state index in [9.17, 15) is 13.2 Å². The van der Waals surface area contributed by atoms with Gasteiger partial charge in [0.05, 0.1) is 6.61 Å². The average molecular weight is 473 g/mol. The van der Waals surface area contributed by atoms with Crippen molar-refractivity contribution >= 4 is 23.3 Å². The first-order valence-electron chi connectivity index (χ1n) is 10.5. The third-order valence-corrected chi connectivity index (χ3v) is 4.46. The molecular weight excluding hydrogens is 451 g/mol. The fraction of sp³-hybridized carbons (Fsp3) is 0.261. The molecule has 2 aromatic carbocycles. The van der Waals surface area contributed by atoms with Crippen molar-refractivity contribution in [2.24, 2.45) is 0 Å². The number of halogens is 3. The van der Waals surface area contributed by atoms with Gasteiger partial charge in [0.15, 0.2) is 6.61 Å². The summed E-state index contributed by atoms with van der Waals surface area (Å²) < 4.78 is 54.3. The van der Waals surface area contributed by atoms with E-state index >= 15 is 0 Å². The molecule has 0 saturated heterocycles. The minimum atomic E-state index is -4.54. The number of ether oxygens (including phenoxy) is 3. The van der Waals surface area contributed by atoms with Gasteiger partial charge in [-0.2, -0.15) is 28.1 Å². The molecule has 0 spiro atoms. The lowest BCUT2D eigenvalue weighted by Gasteiger charge is -2.13. The van der Waals surface area contributed by atoms with Gasteiger partial charge in [0.2, 0.25) is 11.9 Å². The number of hydrogen-bond acceptors (Lipinski definition) is 8. The Balaban J connectivity index is 1.65. The topological polar surface area (TPSA) is 90.4 Å². The molecule has 0 saturated carbocycles. The largest absolute Gasteiger partial charge is 0.494 e. The van der Waals surface area contributed by atoms with Crippen molar-refractivity contribution in [3.63, 3.8) is 0 Å². The number of rotatable bonds is 2. The Morgan fingerprint density at radius 2 is 1.50 bits per heavy atom. The minimum absolute atomic E-state index is 0.00125. The predicted octanol–water partition coefficient (Wildman–Crippen LogP) is 5.41. The zero-order valence-electron chi connectivity index (χ0n) is 18.0. The van der Waals surface area contributed by atoms with Gasteiger partial charge in [0, 0.05) is 23.5 Å². The molecular formula is C23H22F3N5O3. The van der Waals surface area contributed by atoms with Crippen molar-refractivity contribution in [1.29, 1.82) is 0 Å². The van der Waals surface area contributed by atoms with Gasteiger partial charge >= 0.3 is 12.2 Å². The van der Waals surface area contributed by atoms with Crippen molar-refractivity contribution in [3.8, 4) is 17.5 Å². The highest BCUT2D eigenvalue weighted by atomic mass is 19.4. The third kappa shape index (κ3) is 7.26. The van der Waals surface area contributed by atoms with E-state index < -0.39 is 18.8 Å². The summed E-state index contributed by atoms with van der Waals surface area (Å²) in [7, 11) is 0. The van der Waals surface area contributed by atoms with Gasteiger partial charge in [-0.1, -0.05) is 24.3 Å². The second kappa shape index (κ2) is 10.7. The quantitative estimate of drug-likeness (QED) is 0.478. The van der Waals surface area contributed by atoms with Crippen LogP contribution >= 0.6 is 0 Å². The zero-order valence-corrected chi connectivity index (χ0v) is 18.0. The van der Waals surface area contributed by atoms with E-state index in [0.717, 1.165) is 12.8 Å².